The number of hydrogen-bond acceptors (Lipinski definition) is 4. The molecule has 0 aliphatic heterocycles. The number of anilines is 1. The average Bonchev–Trinajstić information content (AvgIpc) is 3.05. The zero-order chi connectivity index (χ0) is 13.1. The summed E-state index contributed by atoms with van der Waals surface area (Å²) in [6.45, 7) is 3.89. The second kappa shape index (κ2) is 5.55. The maximum atomic E-state index is 4.46. The standard InChI is InChI=1S/C13H15N5Se/c1-2-7-18-8-6-14-12(18)9-15-10-4-3-5-11-13(10)17-19-16-11/h3-6,8,15H,2,7,9H2,1H3. The van der Waals surface area contributed by atoms with E-state index < -0.39 is 0 Å². The van der Waals surface area contributed by atoms with Crippen LogP contribution in [-0.4, -0.2) is 32.5 Å². The van der Waals surface area contributed by atoms with Crippen molar-refractivity contribution in [2.24, 2.45) is 0 Å². The molecule has 0 fully saturated rings. The number of benzene rings is 1. The summed E-state index contributed by atoms with van der Waals surface area (Å²) in [5.41, 5.74) is 3.05. The topological polar surface area (TPSA) is 55.6 Å². The SMILES string of the molecule is CCCn1ccnc1CNc1cccc2n[se]nc12. The predicted octanol–water partition coefficient (Wildman–Crippen LogP) is 1.91. The Morgan fingerprint density at radius 3 is 3.16 bits per heavy atom. The molecule has 2 aromatic heterocycles. The van der Waals surface area contributed by atoms with Crippen LogP contribution in [0.5, 0.6) is 0 Å². The molecule has 6 heteroatoms. The van der Waals surface area contributed by atoms with E-state index in [4.69, 9.17) is 0 Å². The van der Waals surface area contributed by atoms with Crippen molar-refractivity contribution < 1.29 is 0 Å². The van der Waals surface area contributed by atoms with Crippen molar-refractivity contribution in [3.63, 3.8) is 0 Å². The van der Waals surface area contributed by atoms with Crippen LogP contribution >= 0.6 is 0 Å². The van der Waals surface area contributed by atoms with E-state index in [-0.39, 0.29) is 15.0 Å². The number of imidazole rings is 1. The van der Waals surface area contributed by atoms with Gasteiger partial charge < -0.3 is 0 Å². The molecule has 0 aliphatic carbocycles. The average molecular weight is 320 g/mol. The van der Waals surface area contributed by atoms with Gasteiger partial charge in [-0.2, -0.15) is 0 Å². The Bertz CT molecular complexity index is 672. The summed E-state index contributed by atoms with van der Waals surface area (Å²) in [4.78, 5) is 4.39. The Balaban J connectivity index is 1.78. The van der Waals surface area contributed by atoms with Gasteiger partial charge >= 0.3 is 117 Å². The summed E-state index contributed by atoms with van der Waals surface area (Å²) < 4.78 is 11.0. The molecule has 0 saturated heterocycles. The van der Waals surface area contributed by atoms with Crippen molar-refractivity contribution in [1.82, 2.24) is 17.5 Å². The third-order valence-corrected chi connectivity index (χ3v) is 4.13. The Labute approximate surface area is 117 Å². The van der Waals surface area contributed by atoms with Gasteiger partial charge in [0.15, 0.2) is 0 Å². The molecule has 0 unspecified atom stereocenters. The molecule has 0 aliphatic rings. The molecule has 0 amide bonds. The third-order valence-electron chi connectivity index (χ3n) is 2.99. The first-order valence-electron chi connectivity index (χ1n) is 6.33. The maximum absolute atomic E-state index is 4.46. The number of nitrogens with one attached hydrogen (secondary N) is 1. The Morgan fingerprint density at radius 2 is 2.26 bits per heavy atom. The van der Waals surface area contributed by atoms with Gasteiger partial charge in [-0.05, 0) is 0 Å². The zero-order valence-electron chi connectivity index (χ0n) is 10.7. The molecule has 98 valence electrons. The van der Waals surface area contributed by atoms with Crippen LogP contribution in [0.2, 0.25) is 0 Å². The molecule has 3 aromatic rings. The predicted molar refractivity (Wildman–Crippen MR) is 76.3 cm³/mol. The molecule has 1 N–H and O–H groups in total. The molecule has 19 heavy (non-hydrogen) atoms. The van der Waals surface area contributed by atoms with E-state index in [1.165, 1.54) is 0 Å². The van der Waals surface area contributed by atoms with Crippen molar-refractivity contribution in [3.8, 4) is 0 Å². The number of rotatable bonds is 5. The van der Waals surface area contributed by atoms with Crippen LogP contribution in [0.3, 0.4) is 0 Å². The number of fused-ring (bicyclic) bond motifs is 1. The Morgan fingerprint density at radius 1 is 1.32 bits per heavy atom. The minimum atomic E-state index is 0.0147. The van der Waals surface area contributed by atoms with Gasteiger partial charge in [0.25, 0.3) is 0 Å². The van der Waals surface area contributed by atoms with Crippen LogP contribution in [0.15, 0.2) is 30.6 Å². The van der Waals surface area contributed by atoms with Gasteiger partial charge in [-0.15, -0.1) is 0 Å². The van der Waals surface area contributed by atoms with E-state index in [2.05, 4.69) is 29.8 Å². The zero-order valence-corrected chi connectivity index (χ0v) is 12.4. The summed E-state index contributed by atoms with van der Waals surface area (Å²) in [7, 11) is 0. The summed E-state index contributed by atoms with van der Waals surface area (Å²) in [5, 5.41) is 3.42. The molecule has 0 saturated carbocycles. The molecule has 0 atom stereocenters. The molecule has 0 bridgehead atoms. The van der Waals surface area contributed by atoms with Gasteiger partial charge in [0.05, 0.1) is 0 Å². The molecular weight excluding hydrogens is 305 g/mol. The van der Waals surface area contributed by atoms with Crippen molar-refractivity contribution in [3.05, 3.63) is 36.4 Å². The van der Waals surface area contributed by atoms with Crippen molar-refractivity contribution in [2.45, 2.75) is 26.4 Å². The van der Waals surface area contributed by atoms with Gasteiger partial charge in [0, 0.05) is 0 Å². The van der Waals surface area contributed by atoms with Gasteiger partial charge in [-0.25, -0.2) is 0 Å². The van der Waals surface area contributed by atoms with E-state index in [0.717, 1.165) is 35.5 Å². The van der Waals surface area contributed by atoms with Crippen LogP contribution in [0.25, 0.3) is 11.0 Å². The summed E-state index contributed by atoms with van der Waals surface area (Å²) in [6, 6.07) is 6.07. The van der Waals surface area contributed by atoms with Crippen molar-refractivity contribution in [2.75, 3.05) is 5.32 Å². The van der Waals surface area contributed by atoms with Gasteiger partial charge in [0.1, 0.15) is 0 Å². The number of hydrogen-bond donors (Lipinski definition) is 1. The van der Waals surface area contributed by atoms with E-state index in [0.29, 0.717) is 6.54 Å². The third kappa shape index (κ3) is 2.55. The quantitative estimate of drug-likeness (QED) is 0.730. The van der Waals surface area contributed by atoms with Gasteiger partial charge in [-0.1, -0.05) is 0 Å². The van der Waals surface area contributed by atoms with Gasteiger partial charge in [-0.3, -0.25) is 0 Å². The van der Waals surface area contributed by atoms with Crippen molar-refractivity contribution >= 4 is 31.7 Å². The fourth-order valence-corrected chi connectivity index (χ4v) is 3.23. The molecule has 5 nitrogen and oxygen atoms in total. The normalized spacial score (nSPS) is 11.0. The van der Waals surface area contributed by atoms with Crippen molar-refractivity contribution in [1.29, 1.82) is 0 Å². The molecule has 3 rings (SSSR count). The summed E-state index contributed by atoms with van der Waals surface area (Å²) in [6.07, 6.45) is 4.99. The first kappa shape index (κ1) is 12.4. The molecule has 0 spiro atoms. The van der Waals surface area contributed by atoms with Crippen LogP contribution in [0, 0.1) is 0 Å². The molecular formula is C13H15N5Se. The first-order valence-corrected chi connectivity index (χ1v) is 7.87. The van der Waals surface area contributed by atoms with Crippen LogP contribution < -0.4 is 5.32 Å². The monoisotopic (exact) mass is 321 g/mol. The second-order valence-electron chi connectivity index (χ2n) is 4.33. The van der Waals surface area contributed by atoms with E-state index >= 15 is 0 Å². The fourth-order valence-electron chi connectivity index (χ4n) is 2.07. The molecule has 1 aromatic carbocycles. The Kier molecular flexibility index (Phi) is 3.62. The number of aromatic nitrogens is 4. The Hall–Kier alpha value is -1.65. The number of nitrogens with zero attached hydrogens (tertiary/aromatic N) is 4. The number of aryl methyl sites for hydroxylation is 1. The molecule has 0 radical (unpaired) electrons. The second-order valence-corrected chi connectivity index (χ2v) is 5.44. The van der Waals surface area contributed by atoms with E-state index in [1.807, 2.05) is 30.6 Å². The van der Waals surface area contributed by atoms with Crippen LogP contribution in [0.4, 0.5) is 5.69 Å². The van der Waals surface area contributed by atoms with Crippen LogP contribution in [-0.2, 0) is 13.1 Å². The summed E-state index contributed by atoms with van der Waals surface area (Å²) in [5.74, 6) is 1.06. The minimum absolute atomic E-state index is 0.0147. The summed E-state index contributed by atoms with van der Waals surface area (Å²) >= 11 is 0.0147. The first-order chi connectivity index (χ1) is 9.38. The van der Waals surface area contributed by atoms with E-state index in [9.17, 15) is 0 Å². The van der Waals surface area contributed by atoms with E-state index in [1.54, 1.807) is 0 Å². The van der Waals surface area contributed by atoms with Crippen LogP contribution in [0.1, 0.15) is 19.2 Å². The molecule has 2 heterocycles. The fraction of sp³-hybridized carbons (Fsp3) is 0.308. The van der Waals surface area contributed by atoms with Gasteiger partial charge in [0.2, 0.25) is 0 Å².